The van der Waals surface area contributed by atoms with Gasteiger partial charge in [0.15, 0.2) is 0 Å². The molecule has 0 heterocycles. The van der Waals surface area contributed by atoms with Gasteiger partial charge in [-0.25, -0.2) is 0 Å². The predicted molar refractivity (Wildman–Crippen MR) is 77.2 cm³/mol. The van der Waals surface area contributed by atoms with Gasteiger partial charge in [0.1, 0.15) is 0 Å². The molecule has 0 spiro atoms. The third-order valence-corrected chi connectivity index (χ3v) is 3.74. The van der Waals surface area contributed by atoms with E-state index in [0.29, 0.717) is 22.8 Å². The Morgan fingerprint density at radius 2 is 2.22 bits per heavy atom. The number of carbonyl (C=O) groups is 1. The number of aliphatic hydroxyl groups is 1. The molecule has 0 bridgehead atoms. The molecule has 4 N–H and O–H groups in total. The molecule has 0 aliphatic rings. The van der Waals surface area contributed by atoms with Gasteiger partial charge >= 0.3 is 0 Å². The van der Waals surface area contributed by atoms with E-state index in [1.807, 2.05) is 0 Å². The minimum atomic E-state index is -0.213. The van der Waals surface area contributed by atoms with Gasteiger partial charge in [0.2, 0.25) is 0 Å². The van der Waals surface area contributed by atoms with E-state index in [9.17, 15) is 4.79 Å². The second kappa shape index (κ2) is 8.24. The Bertz CT molecular complexity index is 402. The number of thioether (sulfide) groups is 1. The summed E-state index contributed by atoms with van der Waals surface area (Å²) in [5.41, 5.74) is 6.43. The van der Waals surface area contributed by atoms with Crippen LogP contribution in [0.15, 0.2) is 18.2 Å². The van der Waals surface area contributed by atoms with Gasteiger partial charge in [0.25, 0.3) is 5.91 Å². The van der Waals surface area contributed by atoms with Crippen LogP contribution in [0.5, 0.6) is 0 Å². The number of benzene rings is 1. The average Bonchev–Trinajstić information content (AvgIpc) is 2.36. The van der Waals surface area contributed by atoms with Crippen LogP contribution >= 0.6 is 23.4 Å². The lowest BCUT2D eigenvalue weighted by atomic mass is 10.2. The maximum atomic E-state index is 11.8. The van der Waals surface area contributed by atoms with Crippen molar-refractivity contribution in [2.45, 2.75) is 6.42 Å². The smallest absolute Gasteiger partial charge is 0.252 e. The highest BCUT2D eigenvalue weighted by Crippen LogP contribution is 2.22. The van der Waals surface area contributed by atoms with E-state index in [2.05, 4.69) is 5.32 Å². The van der Waals surface area contributed by atoms with Gasteiger partial charge in [-0.1, -0.05) is 17.7 Å². The molecule has 18 heavy (non-hydrogen) atoms. The summed E-state index contributed by atoms with van der Waals surface area (Å²) in [5, 5.41) is 11.7. The summed E-state index contributed by atoms with van der Waals surface area (Å²) < 4.78 is 0. The number of anilines is 1. The van der Waals surface area contributed by atoms with Crippen LogP contribution in [0.25, 0.3) is 0 Å². The van der Waals surface area contributed by atoms with Gasteiger partial charge in [-0.05, 0) is 24.3 Å². The van der Waals surface area contributed by atoms with E-state index in [1.165, 1.54) is 0 Å². The first-order valence-corrected chi connectivity index (χ1v) is 7.21. The van der Waals surface area contributed by atoms with Crippen LogP contribution in [0, 0.1) is 0 Å². The van der Waals surface area contributed by atoms with Crippen LogP contribution in [0.4, 0.5) is 5.69 Å². The lowest BCUT2D eigenvalue weighted by Gasteiger charge is -2.07. The van der Waals surface area contributed by atoms with E-state index >= 15 is 0 Å². The molecule has 4 nitrogen and oxygen atoms in total. The lowest BCUT2D eigenvalue weighted by Crippen LogP contribution is -2.26. The number of nitrogen functional groups attached to an aromatic ring is 1. The molecule has 1 rings (SSSR count). The van der Waals surface area contributed by atoms with E-state index in [4.69, 9.17) is 22.4 Å². The van der Waals surface area contributed by atoms with Gasteiger partial charge < -0.3 is 16.2 Å². The molecular weight excluding hydrogens is 272 g/mol. The molecule has 0 unspecified atom stereocenters. The molecular formula is C12H17ClN2O2S. The number of aliphatic hydroxyl groups excluding tert-OH is 1. The number of nitrogens with one attached hydrogen (secondary N) is 1. The van der Waals surface area contributed by atoms with E-state index in [0.717, 1.165) is 17.9 Å². The van der Waals surface area contributed by atoms with Crippen molar-refractivity contribution in [2.75, 3.05) is 30.4 Å². The Balaban J connectivity index is 2.35. The number of nitrogens with two attached hydrogens (primary N) is 1. The van der Waals surface area contributed by atoms with E-state index in [-0.39, 0.29) is 12.5 Å². The summed E-state index contributed by atoms with van der Waals surface area (Å²) in [4.78, 5) is 11.8. The Morgan fingerprint density at radius 1 is 1.44 bits per heavy atom. The molecule has 6 heteroatoms. The number of amides is 1. The quantitative estimate of drug-likeness (QED) is 0.528. The lowest BCUT2D eigenvalue weighted by molar-refractivity contribution is 0.0956. The third kappa shape index (κ3) is 4.76. The zero-order valence-electron chi connectivity index (χ0n) is 9.99. The number of hydrogen-bond donors (Lipinski definition) is 3. The zero-order valence-corrected chi connectivity index (χ0v) is 11.6. The topological polar surface area (TPSA) is 75.4 Å². The summed E-state index contributed by atoms with van der Waals surface area (Å²) in [6.45, 7) is 0.776. The monoisotopic (exact) mass is 288 g/mol. The van der Waals surface area contributed by atoms with Crippen molar-refractivity contribution >= 4 is 35.0 Å². The molecule has 0 saturated heterocycles. The highest BCUT2D eigenvalue weighted by molar-refractivity contribution is 7.99. The van der Waals surface area contributed by atoms with Gasteiger partial charge in [0, 0.05) is 18.9 Å². The molecule has 1 aromatic carbocycles. The molecule has 0 fully saturated rings. The number of rotatable bonds is 7. The van der Waals surface area contributed by atoms with Gasteiger partial charge in [-0.3, -0.25) is 4.79 Å². The van der Waals surface area contributed by atoms with Crippen molar-refractivity contribution in [2.24, 2.45) is 0 Å². The van der Waals surface area contributed by atoms with Crippen molar-refractivity contribution in [3.8, 4) is 0 Å². The van der Waals surface area contributed by atoms with Crippen LogP contribution in [0.1, 0.15) is 16.8 Å². The average molecular weight is 289 g/mol. The Morgan fingerprint density at radius 3 is 2.94 bits per heavy atom. The normalized spacial score (nSPS) is 10.3. The SMILES string of the molecule is Nc1cccc(C(=O)NCCSCCCO)c1Cl. The summed E-state index contributed by atoms with van der Waals surface area (Å²) in [6.07, 6.45) is 0.777. The molecule has 100 valence electrons. The first-order valence-electron chi connectivity index (χ1n) is 5.67. The Labute approximate surface area is 116 Å². The summed E-state index contributed by atoms with van der Waals surface area (Å²) in [7, 11) is 0. The number of halogens is 1. The fourth-order valence-corrected chi connectivity index (χ4v) is 2.32. The Hall–Kier alpha value is -0.910. The van der Waals surface area contributed by atoms with Gasteiger partial charge in [-0.15, -0.1) is 0 Å². The molecule has 0 aliphatic carbocycles. The van der Waals surface area contributed by atoms with E-state index < -0.39 is 0 Å². The van der Waals surface area contributed by atoms with Crippen LogP contribution in [-0.2, 0) is 0 Å². The van der Waals surface area contributed by atoms with Crippen LogP contribution in [0.2, 0.25) is 5.02 Å². The predicted octanol–water partition coefficient (Wildman–Crippen LogP) is 1.77. The van der Waals surface area contributed by atoms with Crippen molar-refractivity contribution in [1.82, 2.24) is 5.32 Å². The standard InChI is InChI=1S/C12H17ClN2O2S/c13-11-9(3-1-4-10(11)14)12(17)15-5-8-18-7-2-6-16/h1,3-4,16H,2,5-8,14H2,(H,15,17). The molecule has 1 amide bonds. The fourth-order valence-electron chi connectivity index (χ4n) is 1.33. The van der Waals surface area contributed by atoms with Crippen molar-refractivity contribution in [3.63, 3.8) is 0 Å². The minimum absolute atomic E-state index is 0.207. The maximum Gasteiger partial charge on any atom is 0.252 e. The second-order valence-corrected chi connectivity index (χ2v) is 5.26. The highest BCUT2D eigenvalue weighted by atomic mass is 35.5. The van der Waals surface area contributed by atoms with Crippen molar-refractivity contribution in [1.29, 1.82) is 0 Å². The first kappa shape index (κ1) is 15.1. The summed E-state index contributed by atoms with van der Waals surface area (Å²) in [5.74, 6) is 1.49. The molecule has 0 radical (unpaired) electrons. The van der Waals surface area contributed by atoms with E-state index in [1.54, 1.807) is 30.0 Å². The molecule has 1 aromatic rings. The number of carbonyl (C=O) groups excluding carboxylic acids is 1. The second-order valence-electron chi connectivity index (χ2n) is 3.65. The van der Waals surface area contributed by atoms with Crippen LogP contribution in [-0.4, -0.2) is 35.7 Å². The maximum absolute atomic E-state index is 11.8. The highest BCUT2D eigenvalue weighted by Gasteiger charge is 2.11. The zero-order chi connectivity index (χ0) is 13.4. The molecule has 0 aliphatic heterocycles. The summed E-state index contributed by atoms with van der Waals surface area (Å²) in [6, 6.07) is 5.00. The molecule has 0 atom stereocenters. The molecule has 0 saturated carbocycles. The van der Waals surface area contributed by atoms with Crippen molar-refractivity contribution in [3.05, 3.63) is 28.8 Å². The van der Waals surface area contributed by atoms with Gasteiger partial charge in [0.05, 0.1) is 16.3 Å². The van der Waals surface area contributed by atoms with Crippen LogP contribution < -0.4 is 11.1 Å². The third-order valence-electron chi connectivity index (χ3n) is 2.25. The number of hydrogen-bond acceptors (Lipinski definition) is 4. The largest absolute Gasteiger partial charge is 0.398 e. The first-order chi connectivity index (χ1) is 8.66. The van der Waals surface area contributed by atoms with Crippen molar-refractivity contribution < 1.29 is 9.90 Å². The fraction of sp³-hybridized carbons (Fsp3) is 0.417. The van der Waals surface area contributed by atoms with Crippen LogP contribution in [0.3, 0.4) is 0 Å². The minimum Gasteiger partial charge on any atom is -0.398 e. The molecule has 0 aromatic heterocycles. The van der Waals surface area contributed by atoms with Gasteiger partial charge in [-0.2, -0.15) is 11.8 Å². The Kier molecular flexibility index (Phi) is 6.93. The summed E-state index contributed by atoms with van der Waals surface area (Å²) >= 11 is 7.64.